The zero-order chi connectivity index (χ0) is 22.0. The molecule has 158 valence electrons. The van der Waals surface area contributed by atoms with Crippen LogP contribution in [0.1, 0.15) is 22.5 Å². The van der Waals surface area contributed by atoms with Crippen LogP contribution in [0.25, 0.3) is 10.8 Å². The highest BCUT2D eigenvalue weighted by atomic mass is 16.5. The van der Waals surface area contributed by atoms with Crippen LogP contribution in [0.4, 0.5) is 5.69 Å². The van der Waals surface area contributed by atoms with Crippen LogP contribution < -0.4 is 26.5 Å². The van der Waals surface area contributed by atoms with Crippen molar-refractivity contribution in [2.75, 3.05) is 11.9 Å². The summed E-state index contributed by atoms with van der Waals surface area (Å²) in [5.74, 6) is -0.794. The Kier molecular flexibility index (Phi) is 5.35. The van der Waals surface area contributed by atoms with Gasteiger partial charge in [-0.25, -0.2) is 4.68 Å². The molecule has 0 aliphatic carbocycles. The first-order valence-electron chi connectivity index (χ1n) is 9.53. The number of carbonyl (C=O) groups is 3. The minimum absolute atomic E-state index is 0.00986. The molecule has 0 unspecified atom stereocenters. The zero-order valence-electron chi connectivity index (χ0n) is 16.6. The van der Waals surface area contributed by atoms with Crippen LogP contribution in [0.15, 0.2) is 47.3 Å². The van der Waals surface area contributed by atoms with E-state index in [1.54, 1.807) is 42.5 Å². The molecule has 0 saturated heterocycles. The van der Waals surface area contributed by atoms with Crippen molar-refractivity contribution < 1.29 is 19.1 Å². The summed E-state index contributed by atoms with van der Waals surface area (Å²) in [6.07, 6.45) is 0.998. The second-order valence-corrected chi connectivity index (χ2v) is 6.98. The highest BCUT2D eigenvalue weighted by molar-refractivity contribution is 6.05. The van der Waals surface area contributed by atoms with E-state index in [2.05, 4.69) is 21.3 Å². The van der Waals surface area contributed by atoms with Gasteiger partial charge in [0.25, 0.3) is 17.4 Å². The maximum Gasteiger partial charge on any atom is 0.290 e. The predicted molar refractivity (Wildman–Crippen MR) is 111 cm³/mol. The Balaban J connectivity index is 1.37. The van der Waals surface area contributed by atoms with Crippen LogP contribution in [0.2, 0.25) is 0 Å². The Morgan fingerprint density at radius 3 is 2.68 bits per heavy atom. The molecule has 2 heterocycles. The smallest absolute Gasteiger partial charge is 0.290 e. The maximum atomic E-state index is 12.5. The van der Waals surface area contributed by atoms with E-state index >= 15 is 0 Å². The molecule has 31 heavy (non-hydrogen) atoms. The molecule has 2 aromatic carbocycles. The lowest BCUT2D eigenvalue weighted by Gasteiger charge is -2.17. The van der Waals surface area contributed by atoms with Gasteiger partial charge in [-0.1, -0.05) is 18.2 Å². The Bertz CT molecular complexity index is 1270. The van der Waals surface area contributed by atoms with E-state index in [1.807, 2.05) is 0 Å². The number of rotatable bonds is 4. The molecule has 1 aliphatic rings. The molecule has 0 atom stereocenters. The van der Waals surface area contributed by atoms with Crippen molar-refractivity contribution in [2.24, 2.45) is 7.05 Å². The second kappa shape index (κ2) is 8.27. The number of fused-ring (bicyclic) bond motifs is 2. The summed E-state index contributed by atoms with van der Waals surface area (Å²) >= 11 is 0. The second-order valence-electron chi connectivity index (χ2n) is 6.98. The van der Waals surface area contributed by atoms with Crippen molar-refractivity contribution in [1.29, 1.82) is 0 Å². The number of nitrogens with one attached hydrogen (secondary N) is 3. The molecule has 0 fully saturated rings. The summed E-state index contributed by atoms with van der Waals surface area (Å²) in [4.78, 5) is 48.2. The van der Waals surface area contributed by atoms with Crippen molar-refractivity contribution in [3.8, 4) is 5.75 Å². The van der Waals surface area contributed by atoms with Gasteiger partial charge in [0, 0.05) is 24.5 Å². The Labute approximate surface area is 176 Å². The number of hydrazine groups is 1. The van der Waals surface area contributed by atoms with Crippen LogP contribution >= 0.6 is 0 Å². The number of carbonyl (C=O) groups excluding carboxylic acids is 3. The molecule has 3 N–H and O–H groups in total. The number of anilines is 1. The highest BCUT2D eigenvalue weighted by Crippen LogP contribution is 2.26. The van der Waals surface area contributed by atoms with Crippen molar-refractivity contribution in [2.45, 2.75) is 12.8 Å². The van der Waals surface area contributed by atoms with E-state index in [9.17, 15) is 19.2 Å². The molecule has 3 amide bonds. The topological polar surface area (TPSA) is 131 Å². The summed E-state index contributed by atoms with van der Waals surface area (Å²) in [7, 11) is 1.45. The first-order chi connectivity index (χ1) is 14.9. The SMILES string of the molecule is Cn1nc(C(=O)NNC(=O)COc2ccc3c(c2)CCC(=O)N3)c2ccccc2c1=O. The van der Waals surface area contributed by atoms with Gasteiger partial charge >= 0.3 is 0 Å². The average molecular weight is 421 g/mol. The van der Waals surface area contributed by atoms with Gasteiger partial charge < -0.3 is 10.1 Å². The van der Waals surface area contributed by atoms with Crippen molar-refractivity contribution in [3.63, 3.8) is 0 Å². The average Bonchev–Trinajstić information content (AvgIpc) is 2.78. The largest absolute Gasteiger partial charge is 0.484 e. The lowest BCUT2D eigenvalue weighted by Crippen LogP contribution is -2.44. The molecule has 10 heteroatoms. The molecule has 0 radical (unpaired) electrons. The van der Waals surface area contributed by atoms with Crippen molar-refractivity contribution in [3.05, 3.63) is 64.1 Å². The third-order valence-electron chi connectivity index (χ3n) is 4.83. The van der Waals surface area contributed by atoms with Gasteiger partial charge in [0.15, 0.2) is 12.3 Å². The summed E-state index contributed by atoms with van der Waals surface area (Å²) in [5.41, 5.74) is 5.90. The first kappa shape index (κ1) is 20.1. The fraction of sp³-hybridized carbons (Fsp3) is 0.190. The number of hydrogen-bond donors (Lipinski definition) is 3. The quantitative estimate of drug-likeness (QED) is 0.531. The van der Waals surface area contributed by atoms with Gasteiger partial charge in [0.1, 0.15) is 5.75 Å². The summed E-state index contributed by atoms with van der Waals surface area (Å²) < 4.78 is 6.54. The minimum Gasteiger partial charge on any atom is -0.484 e. The summed E-state index contributed by atoms with van der Waals surface area (Å²) in [5, 5.41) is 7.50. The fourth-order valence-electron chi connectivity index (χ4n) is 3.29. The number of aromatic nitrogens is 2. The molecule has 1 aromatic heterocycles. The van der Waals surface area contributed by atoms with E-state index in [-0.39, 0.29) is 23.8 Å². The van der Waals surface area contributed by atoms with Gasteiger partial charge in [-0.05, 0) is 36.2 Å². The van der Waals surface area contributed by atoms with Crippen LogP contribution in [0.3, 0.4) is 0 Å². The van der Waals surface area contributed by atoms with E-state index in [0.717, 1.165) is 15.9 Å². The standard InChI is InChI=1S/C21H19N5O5/c1-26-21(30)15-5-3-2-4-14(15)19(25-26)20(29)24-23-18(28)11-31-13-7-8-16-12(10-13)6-9-17(27)22-16/h2-5,7-8,10H,6,9,11H2,1H3,(H,22,27)(H,23,28)(H,24,29). The zero-order valence-corrected chi connectivity index (χ0v) is 16.6. The van der Waals surface area contributed by atoms with Crippen LogP contribution in [0, 0.1) is 0 Å². The normalized spacial score (nSPS) is 12.6. The third kappa shape index (κ3) is 4.22. The van der Waals surface area contributed by atoms with Crippen LogP contribution in [-0.4, -0.2) is 34.1 Å². The summed E-state index contributed by atoms with van der Waals surface area (Å²) in [6, 6.07) is 11.7. The van der Waals surface area contributed by atoms with Crippen molar-refractivity contribution >= 4 is 34.2 Å². The Morgan fingerprint density at radius 2 is 1.87 bits per heavy atom. The Morgan fingerprint density at radius 1 is 1.10 bits per heavy atom. The van der Waals surface area contributed by atoms with Crippen LogP contribution in [-0.2, 0) is 23.1 Å². The number of hydrogen-bond acceptors (Lipinski definition) is 6. The maximum absolute atomic E-state index is 12.5. The van der Waals surface area contributed by atoms with E-state index in [1.165, 1.54) is 7.05 Å². The molecule has 0 bridgehead atoms. The molecule has 0 spiro atoms. The number of amides is 3. The van der Waals surface area contributed by atoms with E-state index in [0.29, 0.717) is 29.4 Å². The molecule has 3 aromatic rings. The number of nitrogens with zero attached hydrogens (tertiary/aromatic N) is 2. The molecule has 4 rings (SSSR count). The number of ether oxygens (including phenoxy) is 1. The van der Waals surface area contributed by atoms with Gasteiger partial charge in [0.05, 0.1) is 5.39 Å². The number of aryl methyl sites for hydroxylation is 2. The highest BCUT2D eigenvalue weighted by Gasteiger charge is 2.17. The third-order valence-corrected chi connectivity index (χ3v) is 4.83. The van der Waals surface area contributed by atoms with Crippen molar-refractivity contribution in [1.82, 2.24) is 20.6 Å². The lowest BCUT2D eigenvalue weighted by molar-refractivity contribution is -0.123. The van der Waals surface area contributed by atoms with Gasteiger partial charge in [-0.15, -0.1) is 0 Å². The molecule has 1 aliphatic heterocycles. The molecule has 0 saturated carbocycles. The van der Waals surface area contributed by atoms with Gasteiger partial charge in [0.2, 0.25) is 5.91 Å². The number of benzene rings is 2. The fourth-order valence-corrected chi connectivity index (χ4v) is 3.29. The molecule has 10 nitrogen and oxygen atoms in total. The van der Waals surface area contributed by atoms with Crippen LogP contribution in [0.5, 0.6) is 5.75 Å². The molecular weight excluding hydrogens is 402 g/mol. The van der Waals surface area contributed by atoms with Gasteiger partial charge in [-0.2, -0.15) is 5.10 Å². The summed E-state index contributed by atoms with van der Waals surface area (Å²) in [6.45, 7) is -0.327. The minimum atomic E-state index is -0.662. The van der Waals surface area contributed by atoms with E-state index in [4.69, 9.17) is 4.74 Å². The monoisotopic (exact) mass is 421 g/mol. The van der Waals surface area contributed by atoms with Gasteiger partial charge in [-0.3, -0.25) is 30.0 Å². The lowest BCUT2D eigenvalue weighted by atomic mass is 10.0. The molecular formula is C21H19N5O5. The van der Waals surface area contributed by atoms with E-state index < -0.39 is 11.8 Å². The first-order valence-corrected chi connectivity index (χ1v) is 9.53. The Hall–Kier alpha value is -4.21. The predicted octanol–water partition coefficient (Wildman–Crippen LogP) is 0.658.